The van der Waals surface area contributed by atoms with Gasteiger partial charge in [-0.2, -0.15) is 0 Å². The second kappa shape index (κ2) is 5.38. The smallest absolute Gasteiger partial charge is 0.0552 e. The Morgan fingerprint density at radius 1 is 1.53 bits per heavy atom. The van der Waals surface area contributed by atoms with Crippen LogP contribution in [-0.2, 0) is 6.54 Å². The molecule has 94 valence electrons. The van der Waals surface area contributed by atoms with Crippen LogP contribution in [0.2, 0.25) is 5.02 Å². The van der Waals surface area contributed by atoms with Crippen molar-refractivity contribution >= 4 is 11.6 Å². The van der Waals surface area contributed by atoms with Crippen LogP contribution in [0.15, 0.2) is 18.2 Å². The van der Waals surface area contributed by atoms with E-state index >= 15 is 0 Å². The maximum Gasteiger partial charge on any atom is 0.0552 e. The van der Waals surface area contributed by atoms with Gasteiger partial charge in [0, 0.05) is 18.1 Å². The third kappa shape index (κ3) is 3.21. The van der Waals surface area contributed by atoms with E-state index in [0.29, 0.717) is 5.92 Å². The molecule has 0 saturated carbocycles. The van der Waals surface area contributed by atoms with Gasteiger partial charge < -0.3 is 5.11 Å². The van der Waals surface area contributed by atoms with Gasteiger partial charge in [0.1, 0.15) is 0 Å². The molecule has 2 unspecified atom stereocenters. The molecule has 2 nitrogen and oxygen atoms in total. The molecule has 1 aliphatic rings. The molecule has 0 spiro atoms. The number of halogens is 1. The SMILES string of the molecule is Cc1cc(Cl)ccc1CN1CCC(C(C)O)C1. The van der Waals surface area contributed by atoms with Gasteiger partial charge in [-0.25, -0.2) is 0 Å². The molecule has 2 atom stereocenters. The Morgan fingerprint density at radius 3 is 2.88 bits per heavy atom. The first kappa shape index (κ1) is 12.9. The zero-order valence-corrected chi connectivity index (χ0v) is 11.2. The molecule has 0 bridgehead atoms. The van der Waals surface area contributed by atoms with Crippen LogP contribution in [0.3, 0.4) is 0 Å². The van der Waals surface area contributed by atoms with Gasteiger partial charge in [-0.3, -0.25) is 4.90 Å². The minimum absolute atomic E-state index is 0.189. The number of likely N-dealkylation sites (tertiary alicyclic amines) is 1. The van der Waals surface area contributed by atoms with E-state index in [4.69, 9.17) is 11.6 Å². The van der Waals surface area contributed by atoms with Crippen LogP contribution < -0.4 is 0 Å². The monoisotopic (exact) mass is 253 g/mol. The lowest BCUT2D eigenvalue weighted by Gasteiger charge is -2.18. The highest BCUT2D eigenvalue weighted by atomic mass is 35.5. The fourth-order valence-corrected chi connectivity index (χ4v) is 2.70. The molecular weight excluding hydrogens is 234 g/mol. The summed E-state index contributed by atoms with van der Waals surface area (Å²) in [5, 5.41) is 10.4. The zero-order valence-electron chi connectivity index (χ0n) is 10.5. The van der Waals surface area contributed by atoms with E-state index in [0.717, 1.165) is 31.1 Å². The minimum Gasteiger partial charge on any atom is -0.393 e. The van der Waals surface area contributed by atoms with Crippen molar-refractivity contribution in [2.24, 2.45) is 5.92 Å². The maximum absolute atomic E-state index is 9.58. The molecule has 1 N–H and O–H groups in total. The number of rotatable bonds is 3. The van der Waals surface area contributed by atoms with E-state index in [9.17, 15) is 5.11 Å². The number of nitrogens with zero attached hydrogens (tertiary/aromatic N) is 1. The summed E-state index contributed by atoms with van der Waals surface area (Å²) in [5.41, 5.74) is 2.58. The summed E-state index contributed by atoms with van der Waals surface area (Å²) < 4.78 is 0. The van der Waals surface area contributed by atoms with Crippen molar-refractivity contribution in [1.82, 2.24) is 4.90 Å². The molecule has 2 rings (SSSR count). The molecule has 1 aromatic rings. The van der Waals surface area contributed by atoms with E-state index in [2.05, 4.69) is 17.9 Å². The van der Waals surface area contributed by atoms with Gasteiger partial charge in [0.05, 0.1) is 6.10 Å². The first-order chi connectivity index (χ1) is 8.06. The fourth-order valence-electron chi connectivity index (χ4n) is 2.48. The minimum atomic E-state index is -0.189. The number of hydrogen-bond donors (Lipinski definition) is 1. The lowest BCUT2D eigenvalue weighted by atomic mass is 10.0. The Kier molecular flexibility index (Phi) is 4.08. The van der Waals surface area contributed by atoms with Crippen LogP contribution in [0.4, 0.5) is 0 Å². The standard InChI is InChI=1S/C14H20ClNO/c1-10-7-14(15)4-3-12(10)8-16-6-5-13(9-16)11(2)17/h3-4,7,11,13,17H,5-6,8-9H2,1-2H3. The van der Waals surface area contributed by atoms with Gasteiger partial charge in [-0.1, -0.05) is 17.7 Å². The van der Waals surface area contributed by atoms with Crippen LogP contribution in [0.25, 0.3) is 0 Å². The van der Waals surface area contributed by atoms with Crippen molar-refractivity contribution in [3.8, 4) is 0 Å². The Hall–Kier alpha value is -0.570. The largest absolute Gasteiger partial charge is 0.393 e. The molecular formula is C14H20ClNO. The second-order valence-electron chi connectivity index (χ2n) is 5.10. The first-order valence-corrected chi connectivity index (χ1v) is 6.59. The summed E-state index contributed by atoms with van der Waals surface area (Å²) in [7, 11) is 0. The van der Waals surface area contributed by atoms with Crippen molar-refractivity contribution in [3.63, 3.8) is 0 Å². The van der Waals surface area contributed by atoms with Crippen LogP contribution in [-0.4, -0.2) is 29.2 Å². The molecule has 3 heteroatoms. The summed E-state index contributed by atoms with van der Waals surface area (Å²) in [6.07, 6.45) is 0.913. The zero-order chi connectivity index (χ0) is 12.4. The number of aryl methyl sites for hydroxylation is 1. The highest BCUT2D eigenvalue weighted by Gasteiger charge is 2.25. The van der Waals surface area contributed by atoms with Crippen molar-refractivity contribution < 1.29 is 5.11 Å². The number of benzene rings is 1. The van der Waals surface area contributed by atoms with E-state index in [1.807, 2.05) is 19.1 Å². The molecule has 1 heterocycles. The van der Waals surface area contributed by atoms with Crippen LogP contribution in [0.1, 0.15) is 24.5 Å². The predicted octanol–water partition coefficient (Wildman–Crippen LogP) is 2.85. The molecule has 0 radical (unpaired) electrons. The van der Waals surface area contributed by atoms with Crippen molar-refractivity contribution in [2.45, 2.75) is 32.9 Å². The van der Waals surface area contributed by atoms with Crippen LogP contribution in [0, 0.1) is 12.8 Å². The molecule has 0 aromatic heterocycles. The topological polar surface area (TPSA) is 23.5 Å². The normalized spacial score (nSPS) is 22.9. The highest BCUT2D eigenvalue weighted by molar-refractivity contribution is 6.30. The first-order valence-electron chi connectivity index (χ1n) is 6.21. The van der Waals surface area contributed by atoms with Crippen LogP contribution >= 0.6 is 11.6 Å². The van der Waals surface area contributed by atoms with Gasteiger partial charge in [0.15, 0.2) is 0 Å². The maximum atomic E-state index is 9.58. The quantitative estimate of drug-likeness (QED) is 0.896. The van der Waals surface area contributed by atoms with Gasteiger partial charge in [-0.05, 0) is 56.0 Å². The molecule has 1 saturated heterocycles. The van der Waals surface area contributed by atoms with E-state index in [1.165, 1.54) is 11.1 Å². The molecule has 0 amide bonds. The van der Waals surface area contributed by atoms with Crippen molar-refractivity contribution in [2.75, 3.05) is 13.1 Å². The lowest BCUT2D eigenvalue weighted by molar-refractivity contribution is 0.127. The van der Waals surface area contributed by atoms with E-state index < -0.39 is 0 Å². The summed E-state index contributed by atoms with van der Waals surface area (Å²) in [4.78, 5) is 2.41. The van der Waals surface area contributed by atoms with Gasteiger partial charge in [0.25, 0.3) is 0 Å². The third-order valence-corrected chi connectivity index (χ3v) is 3.92. The number of hydrogen-bond acceptors (Lipinski definition) is 2. The highest BCUT2D eigenvalue weighted by Crippen LogP contribution is 2.23. The predicted molar refractivity (Wildman–Crippen MR) is 71.3 cm³/mol. The number of aliphatic hydroxyl groups is 1. The Bertz CT molecular complexity index is 392. The molecule has 0 aliphatic carbocycles. The Morgan fingerprint density at radius 2 is 2.29 bits per heavy atom. The van der Waals surface area contributed by atoms with Crippen molar-refractivity contribution in [1.29, 1.82) is 0 Å². The number of aliphatic hydroxyl groups excluding tert-OH is 1. The molecule has 1 fully saturated rings. The van der Waals surface area contributed by atoms with Gasteiger partial charge >= 0.3 is 0 Å². The average Bonchev–Trinajstić information content (AvgIpc) is 2.71. The molecule has 1 aromatic carbocycles. The summed E-state index contributed by atoms with van der Waals surface area (Å²) in [5.74, 6) is 0.433. The Balaban J connectivity index is 1.98. The Labute approximate surface area is 108 Å². The molecule has 1 aliphatic heterocycles. The van der Waals surface area contributed by atoms with E-state index in [-0.39, 0.29) is 6.10 Å². The van der Waals surface area contributed by atoms with Crippen molar-refractivity contribution in [3.05, 3.63) is 34.3 Å². The second-order valence-corrected chi connectivity index (χ2v) is 5.53. The van der Waals surface area contributed by atoms with Gasteiger partial charge in [0.2, 0.25) is 0 Å². The van der Waals surface area contributed by atoms with E-state index in [1.54, 1.807) is 0 Å². The van der Waals surface area contributed by atoms with Crippen LogP contribution in [0.5, 0.6) is 0 Å². The lowest BCUT2D eigenvalue weighted by Crippen LogP contribution is -2.24. The summed E-state index contributed by atoms with van der Waals surface area (Å²) in [6.45, 7) is 7.04. The fraction of sp³-hybridized carbons (Fsp3) is 0.571. The molecule has 17 heavy (non-hydrogen) atoms. The summed E-state index contributed by atoms with van der Waals surface area (Å²) >= 11 is 5.95. The van der Waals surface area contributed by atoms with Gasteiger partial charge in [-0.15, -0.1) is 0 Å². The summed E-state index contributed by atoms with van der Waals surface area (Å²) in [6, 6.07) is 6.07. The average molecular weight is 254 g/mol. The third-order valence-electron chi connectivity index (χ3n) is 3.69.